The Morgan fingerprint density at radius 1 is 1.11 bits per heavy atom. The molecule has 0 amide bonds. The van der Waals surface area contributed by atoms with Gasteiger partial charge in [0.1, 0.15) is 0 Å². The van der Waals surface area contributed by atoms with Crippen molar-refractivity contribution in [3.05, 3.63) is 0 Å². The van der Waals surface area contributed by atoms with Gasteiger partial charge in [-0.3, -0.25) is 0 Å². The van der Waals surface area contributed by atoms with Crippen molar-refractivity contribution in [1.29, 1.82) is 0 Å². The minimum absolute atomic E-state index is 0.578. The van der Waals surface area contributed by atoms with Crippen LogP contribution in [-0.2, 0) is 4.74 Å². The zero-order valence-electron chi connectivity index (χ0n) is 12.5. The molecule has 0 heterocycles. The summed E-state index contributed by atoms with van der Waals surface area (Å²) in [6.45, 7) is 7.98. The van der Waals surface area contributed by atoms with E-state index < -0.39 is 0 Å². The van der Waals surface area contributed by atoms with E-state index in [0.717, 1.165) is 30.9 Å². The molecule has 2 unspecified atom stereocenters. The summed E-state index contributed by atoms with van der Waals surface area (Å²) in [5.74, 6) is 2.89. The van der Waals surface area contributed by atoms with Gasteiger partial charge in [0.15, 0.2) is 0 Å². The van der Waals surface area contributed by atoms with Crippen molar-refractivity contribution in [2.75, 3.05) is 26.8 Å². The molecule has 0 spiro atoms. The lowest BCUT2D eigenvalue weighted by atomic mass is 9.90. The minimum atomic E-state index is 0.578. The van der Waals surface area contributed by atoms with Gasteiger partial charge in [-0.15, -0.1) is 0 Å². The molecule has 2 rings (SSSR count). The quantitative estimate of drug-likeness (QED) is 0.578. The number of hydrogen-bond donors (Lipinski definition) is 1. The highest BCUT2D eigenvalue weighted by Crippen LogP contribution is 2.63. The van der Waals surface area contributed by atoms with E-state index in [4.69, 9.17) is 4.74 Å². The van der Waals surface area contributed by atoms with Crippen molar-refractivity contribution in [3.63, 3.8) is 0 Å². The van der Waals surface area contributed by atoms with E-state index in [1.807, 2.05) is 0 Å². The third kappa shape index (κ3) is 3.27. The summed E-state index contributed by atoms with van der Waals surface area (Å²) in [6, 6.07) is 0. The van der Waals surface area contributed by atoms with Gasteiger partial charge < -0.3 is 10.1 Å². The second-order valence-electron chi connectivity index (χ2n) is 6.90. The summed E-state index contributed by atoms with van der Waals surface area (Å²) in [4.78, 5) is 0. The first-order chi connectivity index (χ1) is 8.68. The standard InChI is InChI=1S/C16H31NO/c1-16(2)14(12-17-10-11-18-3)15(16)13-8-6-4-5-7-9-13/h13-15,17H,4-12H2,1-3H3. The molecule has 2 saturated carbocycles. The molecule has 2 nitrogen and oxygen atoms in total. The molecule has 0 aromatic carbocycles. The maximum absolute atomic E-state index is 5.09. The Labute approximate surface area is 113 Å². The molecule has 2 atom stereocenters. The fraction of sp³-hybridized carbons (Fsp3) is 1.00. The highest BCUT2D eigenvalue weighted by atomic mass is 16.5. The predicted molar refractivity (Wildman–Crippen MR) is 76.7 cm³/mol. The molecule has 2 aliphatic rings. The Hall–Kier alpha value is -0.0800. The number of nitrogens with one attached hydrogen (secondary N) is 1. The lowest BCUT2D eigenvalue weighted by Crippen LogP contribution is -2.23. The molecule has 0 aromatic heterocycles. The van der Waals surface area contributed by atoms with Crippen LogP contribution in [0.2, 0.25) is 0 Å². The molecule has 2 fully saturated rings. The first-order valence-electron chi connectivity index (χ1n) is 7.87. The van der Waals surface area contributed by atoms with Crippen LogP contribution >= 0.6 is 0 Å². The Kier molecular flexibility index (Phi) is 5.08. The number of ether oxygens (including phenoxy) is 1. The van der Waals surface area contributed by atoms with Crippen molar-refractivity contribution in [2.45, 2.75) is 52.4 Å². The van der Waals surface area contributed by atoms with Crippen LogP contribution < -0.4 is 5.32 Å². The zero-order chi connectivity index (χ0) is 13.0. The Morgan fingerprint density at radius 3 is 2.39 bits per heavy atom. The topological polar surface area (TPSA) is 21.3 Å². The van der Waals surface area contributed by atoms with Gasteiger partial charge in [0.2, 0.25) is 0 Å². The van der Waals surface area contributed by atoms with Gasteiger partial charge >= 0.3 is 0 Å². The van der Waals surface area contributed by atoms with Crippen LogP contribution in [0.4, 0.5) is 0 Å². The van der Waals surface area contributed by atoms with Gasteiger partial charge in [0.25, 0.3) is 0 Å². The normalized spacial score (nSPS) is 32.2. The third-order valence-electron chi connectivity index (χ3n) is 5.39. The van der Waals surface area contributed by atoms with Crippen molar-refractivity contribution in [3.8, 4) is 0 Å². The van der Waals surface area contributed by atoms with Crippen LogP contribution in [0.1, 0.15) is 52.4 Å². The van der Waals surface area contributed by atoms with E-state index in [1.54, 1.807) is 7.11 Å². The van der Waals surface area contributed by atoms with Crippen LogP contribution in [-0.4, -0.2) is 26.8 Å². The number of rotatable bonds is 6. The predicted octanol–water partition coefficient (Wildman–Crippen LogP) is 3.47. The molecule has 0 saturated heterocycles. The van der Waals surface area contributed by atoms with Gasteiger partial charge in [0.05, 0.1) is 6.61 Å². The van der Waals surface area contributed by atoms with Crippen molar-refractivity contribution in [1.82, 2.24) is 5.32 Å². The second-order valence-corrected chi connectivity index (χ2v) is 6.90. The summed E-state index contributed by atoms with van der Waals surface area (Å²) in [5, 5.41) is 3.56. The minimum Gasteiger partial charge on any atom is -0.383 e. The summed E-state index contributed by atoms with van der Waals surface area (Å²) >= 11 is 0. The molecule has 2 heteroatoms. The fourth-order valence-electron chi connectivity index (χ4n) is 4.21. The Balaban J connectivity index is 1.77. The fourth-order valence-corrected chi connectivity index (χ4v) is 4.21. The summed E-state index contributed by atoms with van der Waals surface area (Å²) in [6.07, 6.45) is 8.87. The van der Waals surface area contributed by atoms with Crippen LogP contribution in [0.15, 0.2) is 0 Å². The molecule has 0 bridgehead atoms. The Morgan fingerprint density at radius 2 is 1.78 bits per heavy atom. The number of methoxy groups -OCH3 is 1. The third-order valence-corrected chi connectivity index (χ3v) is 5.39. The summed E-state index contributed by atoms with van der Waals surface area (Å²) in [5.41, 5.74) is 0.578. The van der Waals surface area contributed by atoms with E-state index in [-0.39, 0.29) is 0 Å². The van der Waals surface area contributed by atoms with E-state index >= 15 is 0 Å². The van der Waals surface area contributed by atoms with Gasteiger partial charge in [-0.2, -0.15) is 0 Å². The van der Waals surface area contributed by atoms with Crippen LogP contribution in [0.3, 0.4) is 0 Å². The van der Waals surface area contributed by atoms with E-state index in [1.165, 1.54) is 45.1 Å². The van der Waals surface area contributed by atoms with Crippen molar-refractivity contribution in [2.24, 2.45) is 23.2 Å². The van der Waals surface area contributed by atoms with Gasteiger partial charge in [-0.1, -0.05) is 52.4 Å². The Bertz CT molecular complexity index is 243. The number of hydrogen-bond acceptors (Lipinski definition) is 2. The SMILES string of the molecule is COCCNCC1C(C2CCCCCC2)C1(C)C. The van der Waals surface area contributed by atoms with E-state index in [9.17, 15) is 0 Å². The highest BCUT2D eigenvalue weighted by molar-refractivity contribution is 5.08. The van der Waals surface area contributed by atoms with Crippen LogP contribution in [0.25, 0.3) is 0 Å². The van der Waals surface area contributed by atoms with Gasteiger partial charge in [-0.25, -0.2) is 0 Å². The van der Waals surface area contributed by atoms with Crippen molar-refractivity contribution < 1.29 is 4.74 Å². The molecular weight excluding hydrogens is 222 g/mol. The smallest absolute Gasteiger partial charge is 0.0587 e. The first-order valence-corrected chi connectivity index (χ1v) is 7.87. The van der Waals surface area contributed by atoms with Crippen molar-refractivity contribution >= 4 is 0 Å². The zero-order valence-corrected chi connectivity index (χ0v) is 12.5. The maximum Gasteiger partial charge on any atom is 0.0587 e. The lowest BCUT2D eigenvalue weighted by molar-refractivity contribution is 0.198. The molecule has 18 heavy (non-hydrogen) atoms. The van der Waals surface area contributed by atoms with Gasteiger partial charge in [-0.05, 0) is 29.7 Å². The lowest BCUT2D eigenvalue weighted by Gasteiger charge is -2.15. The largest absolute Gasteiger partial charge is 0.383 e. The summed E-state index contributed by atoms with van der Waals surface area (Å²) in [7, 11) is 1.77. The molecule has 0 aromatic rings. The monoisotopic (exact) mass is 253 g/mol. The van der Waals surface area contributed by atoms with E-state index in [2.05, 4.69) is 19.2 Å². The van der Waals surface area contributed by atoms with Crippen LogP contribution in [0.5, 0.6) is 0 Å². The second kappa shape index (κ2) is 6.38. The highest BCUT2D eigenvalue weighted by Gasteiger charge is 2.59. The van der Waals surface area contributed by atoms with Crippen LogP contribution in [0, 0.1) is 23.2 Å². The van der Waals surface area contributed by atoms with E-state index in [0.29, 0.717) is 5.41 Å². The average Bonchev–Trinajstić information content (AvgIpc) is 2.97. The van der Waals surface area contributed by atoms with Gasteiger partial charge in [0, 0.05) is 13.7 Å². The molecule has 2 aliphatic carbocycles. The molecule has 106 valence electrons. The molecular formula is C16H31NO. The maximum atomic E-state index is 5.09. The molecule has 0 radical (unpaired) electrons. The first kappa shape index (κ1) is 14.3. The molecule has 1 N–H and O–H groups in total. The summed E-state index contributed by atoms with van der Waals surface area (Å²) < 4.78 is 5.09. The molecule has 0 aliphatic heterocycles. The average molecular weight is 253 g/mol.